The van der Waals surface area contributed by atoms with Gasteiger partial charge in [-0.05, 0) is 137 Å². The molecule has 0 aromatic carbocycles. The van der Waals surface area contributed by atoms with Crippen molar-refractivity contribution in [2.45, 2.75) is 92.2 Å². The van der Waals surface area contributed by atoms with Gasteiger partial charge in [0.25, 0.3) is 0 Å². The van der Waals surface area contributed by atoms with Gasteiger partial charge in [-0.1, -0.05) is 20.8 Å². The van der Waals surface area contributed by atoms with E-state index in [0.717, 1.165) is 19.3 Å². The lowest BCUT2D eigenvalue weighted by Gasteiger charge is -2.40. The van der Waals surface area contributed by atoms with E-state index in [1.165, 1.54) is 84.2 Å². The summed E-state index contributed by atoms with van der Waals surface area (Å²) in [6.45, 7) is 22.0. The van der Waals surface area contributed by atoms with Gasteiger partial charge >= 0.3 is 8.56 Å². The molecule has 0 spiro atoms. The number of hydrogen-bond acceptors (Lipinski definition) is 5. The average Bonchev–Trinajstić information content (AvgIpc) is 2.74. The van der Waals surface area contributed by atoms with Crippen molar-refractivity contribution in [1.29, 1.82) is 0 Å². The van der Waals surface area contributed by atoms with Gasteiger partial charge < -0.3 is 23.6 Å². The summed E-state index contributed by atoms with van der Waals surface area (Å²) in [6, 6.07) is 1.10. The molecule has 0 saturated heterocycles. The molecule has 0 aliphatic heterocycles. The van der Waals surface area contributed by atoms with E-state index < -0.39 is 8.56 Å². The van der Waals surface area contributed by atoms with Crippen LogP contribution in [0.25, 0.3) is 0 Å². The standard InChI is InChI=1S/C26H59N3O2Si/c1-10-19-27(6)22-15-26(16-23-28(7)20-11-2,17-24-29(8)21-12-3)18-25-32(9,30-13-4)31-14-5/h10-25H2,1-9H3. The minimum atomic E-state index is -2.11. The lowest BCUT2D eigenvalue weighted by atomic mass is 9.75. The highest BCUT2D eigenvalue weighted by Crippen LogP contribution is 2.39. The maximum Gasteiger partial charge on any atom is 0.334 e. The Hall–Kier alpha value is 0.0169. The topological polar surface area (TPSA) is 28.2 Å². The Balaban J connectivity index is 5.61. The SMILES string of the molecule is CCCN(C)CCC(CCN(C)CCC)(CCN(C)CCC)CC[Si](C)(OCC)OCC. The summed E-state index contributed by atoms with van der Waals surface area (Å²) in [5.74, 6) is 0. The molecule has 0 radical (unpaired) electrons. The van der Waals surface area contributed by atoms with E-state index >= 15 is 0 Å². The van der Waals surface area contributed by atoms with Crippen molar-refractivity contribution < 1.29 is 8.85 Å². The Kier molecular flexibility index (Phi) is 18.4. The maximum atomic E-state index is 6.24. The van der Waals surface area contributed by atoms with Crippen LogP contribution >= 0.6 is 0 Å². The summed E-state index contributed by atoms with van der Waals surface area (Å²) < 4.78 is 12.5. The molecule has 0 bridgehead atoms. The third-order valence-electron chi connectivity index (χ3n) is 6.90. The molecule has 0 amide bonds. The van der Waals surface area contributed by atoms with Gasteiger partial charge in [-0.3, -0.25) is 0 Å². The second kappa shape index (κ2) is 18.4. The van der Waals surface area contributed by atoms with Crippen molar-refractivity contribution in [3.63, 3.8) is 0 Å². The summed E-state index contributed by atoms with van der Waals surface area (Å²) in [4.78, 5) is 7.59. The van der Waals surface area contributed by atoms with Gasteiger partial charge in [0.1, 0.15) is 0 Å². The molecule has 0 rings (SSSR count). The molecule has 0 saturated carbocycles. The summed E-state index contributed by atoms with van der Waals surface area (Å²) in [5, 5.41) is 0. The van der Waals surface area contributed by atoms with Crippen LogP contribution in [-0.2, 0) is 8.85 Å². The molecular formula is C26H59N3O2Si. The normalized spacial score (nSPS) is 13.1. The molecule has 0 aliphatic rings. The van der Waals surface area contributed by atoms with Crippen LogP contribution in [0.1, 0.15) is 79.6 Å². The molecule has 0 N–H and O–H groups in total. The van der Waals surface area contributed by atoms with Gasteiger partial charge in [-0.2, -0.15) is 0 Å². The molecule has 194 valence electrons. The number of rotatable bonds is 22. The fourth-order valence-corrected chi connectivity index (χ4v) is 7.38. The van der Waals surface area contributed by atoms with Crippen LogP contribution in [0.4, 0.5) is 0 Å². The van der Waals surface area contributed by atoms with Crippen LogP contribution in [0, 0.1) is 5.41 Å². The highest BCUT2D eigenvalue weighted by atomic mass is 28.4. The lowest BCUT2D eigenvalue weighted by molar-refractivity contribution is 0.124. The largest absolute Gasteiger partial charge is 0.395 e. The number of hydrogen-bond donors (Lipinski definition) is 0. The Morgan fingerprint density at radius 1 is 0.562 bits per heavy atom. The van der Waals surface area contributed by atoms with Crippen molar-refractivity contribution in [3.05, 3.63) is 0 Å². The molecule has 0 heterocycles. The molecule has 5 nitrogen and oxygen atoms in total. The van der Waals surface area contributed by atoms with Crippen molar-refractivity contribution in [2.24, 2.45) is 5.41 Å². The van der Waals surface area contributed by atoms with Gasteiger partial charge in [-0.25, -0.2) is 0 Å². The van der Waals surface area contributed by atoms with Crippen molar-refractivity contribution in [3.8, 4) is 0 Å². The first kappa shape index (κ1) is 32.0. The third kappa shape index (κ3) is 14.3. The zero-order valence-corrected chi connectivity index (χ0v) is 24.5. The van der Waals surface area contributed by atoms with Crippen LogP contribution in [-0.4, -0.2) is 96.9 Å². The fourth-order valence-electron chi connectivity index (χ4n) is 4.80. The molecule has 0 unspecified atom stereocenters. The van der Waals surface area contributed by atoms with Crippen molar-refractivity contribution in [2.75, 3.05) is 73.6 Å². The Morgan fingerprint density at radius 3 is 1.19 bits per heavy atom. The number of nitrogens with zero attached hydrogens (tertiary/aromatic N) is 3. The summed E-state index contributed by atoms with van der Waals surface area (Å²) >= 11 is 0. The van der Waals surface area contributed by atoms with Gasteiger partial charge in [0.05, 0.1) is 0 Å². The second-order valence-corrected chi connectivity index (χ2v) is 13.5. The molecule has 0 fully saturated rings. The summed E-state index contributed by atoms with van der Waals surface area (Å²) in [5.41, 5.74) is 0.342. The van der Waals surface area contributed by atoms with Crippen LogP contribution < -0.4 is 0 Å². The van der Waals surface area contributed by atoms with Gasteiger partial charge in [0.2, 0.25) is 0 Å². The van der Waals surface area contributed by atoms with Gasteiger partial charge in [0, 0.05) is 13.2 Å². The first-order valence-corrected chi connectivity index (χ1v) is 16.1. The average molecular weight is 474 g/mol. The molecular weight excluding hydrogens is 414 g/mol. The van der Waals surface area contributed by atoms with E-state index in [9.17, 15) is 0 Å². The molecule has 32 heavy (non-hydrogen) atoms. The summed E-state index contributed by atoms with van der Waals surface area (Å²) in [6.07, 6.45) is 8.70. The lowest BCUT2D eigenvalue weighted by Crippen LogP contribution is -2.42. The van der Waals surface area contributed by atoms with Crippen LogP contribution in [0.3, 0.4) is 0 Å². The van der Waals surface area contributed by atoms with E-state index in [1.807, 2.05) is 0 Å². The molecule has 6 heteroatoms. The quantitative estimate of drug-likeness (QED) is 0.188. The Labute approximate surface area is 203 Å². The highest BCUT2D eigenvalue weighted by molar-refractivity contribution is 6.66. The van der Waals surface area contributed by atoms with Gasteiger partial charge in [0.15, 0.2) is 0 Å². The van der Waals surface area contributed by atoms with Crippen LogP contribution in [0.5, 0.6) is 0 Å². The van der Waals surface area contributed by atoms with E-state index in [1.54, 1.807) is 0 Å². The summed E-state index contributed by atoms with van der Waals surface area (Å²) in [7, 11) is 4.76. The predicted octanol–water partition coefficient (Wildman–Crippen LogP) is 5.70. The Bertz CT molecular complexity index is 393. The highest BCUT2D eigenvalue weighted by Gasteiger charge is 2.37. The van der Waals surface area contributed by atoms with Crippen molar-refractivity contribution in [1.82, 2.24) is 14.7 Å². The minimum Gasteiger partial charge on any atom is -0.395 e. The third-order valence-corrected chi connectivity index (χ3v) is 9.85. The fraction of sp³-hybridized carbons (Fsp3) is 1.00. The molecule has 0 aromatic rings. The van der Waals surface area contributed by atoms with Gasteiger partial charge in [-0.15, -0.1) is 0 Å². The smallest absolute Gasteiger partial charge is 0.334 e. The first-order valence-electron chi connectivity index (χ1n) is 13.5. The van der Waals surface area contributed by atoms with Crippen LogP contribution in [0.15, 0.2) is 0 Å². The van der Waals surface area contributed by atoms with E-state index in [2.05, 4.69) is 77.0 Å². The Morgan fingerprint density at radius 2 is 0.906 bits per heavy atom. The molecule has 0 aromatic heterocycles. The van der Waals surface area contributed by atoms with E-state index in [-0.39, 0.29) is 0 Å². The molecule has 0 aliphatic carbocycles. The predicted molar refractivity (Wildman–Crippen MR) is 144 cm³/mol. The van der Waals surface area contributed by atoms with E-state index in [4.69, 9.17) is 8.85 Å². The minimum absolute atomic E-state index is 0.342. The first-order chi connectivity index (χ1) is 15.2. The van der Waals surface area contributed by atoms with E-state index in [0.29, 0.717) is 5.41 Å². The van der Waals surface area contributed by atoms with Crippen molar-refractivity contribution >= 4 is 8.56 Å². The molecule has 0 atom stereocenters. The van der Waals surface area contributed by atoms with Crippen LogP contribution in [0.2, 0.25) is 12.6 Å². The maximum absolute atomic E-state index is 6.24. The zero-order chi connectivity index (χ0) is 24.5. The monoisotopic (exact) mass is 473 g/mol. The zero-order valence-electron chi connectivity index (χ0n) is 23.5. The second-order valence-electron chi connectivity index (χ2n) is 10.2.